The van der Waals surface area contributed by atoms with Gasteiger partial charge >= 0.3 is 0 Å². The van der Waals surface area contributed by atoms with Crippen LogP contribution in [0.25, 0.3) is 33.0 Å². The largest absolute Gasteiger partial charge is 0.497 e. The van der Waals surface area contributed by atoms with Gasteiger partial charge in [-0.1, -0.05) is 91.0 Å². The lowest BCUT2D eigenvalue weighted by Crippen LogP contribution is -2.40. The van der Waals surface area contributed by atoms with Crippen molar-refractivity contribution in [2.45, 2.75) is 44.3 Å². The molecule has 6 rings (SSSR count). The second-order valence-electron chi connectivity index (χ2n) is 13.1. The maximum absolute atomic E-state index is 13.4. The predicted octanol–water partition coefficient (Wildman–Crippen LogP) is 7.35. The van der Waals surface area contributed by atoms with Gasteiger partial charge in [-0.15, -0.1) is 0 Å². The fourth-order valence-electron chi connectivity index (χ4n) is 6.03. The van der Waals surface area contributed by atoms with E-state index in [9.17, 15) is 13.2 Å². The molecule has 0 spiro atoms. The molecule has 0 saturated carbocycles. The molecule has 0 fully saturated rings. The summed E-state index contributed by atoms with van der Waals surface area (Å²) in [4.78, 5) is 24.9. The first kappa shape index (κ1) is 34.3. The van der Waals surface area contributed by atoms with E-state index in [0.29, 0.717) is 35.4 Å². The number of nitrogens with two attached hydrogens (primary N) is 1. The highest BCUT2D eigenvalue weighted by Gasteiger charge is 2.27. The summed E-state index contributed by atoms with van der Waals surface area (Å²) >= 11 is 0. The zero-order valence-electron chi connectivity index (χ0n) is 28.4. The van der Waals surface area contributed by atoms with E-state index in [0.717, 1.165) is 33.4 Å². The number of hydrogen-bond donors (Lipinski definition) is 2. The number of benzene rings is 4. The minimum absolute atomic E-state index is 0.00522. The molecule has 9 nitrogen and oxygen atoms in total. The number of carbonyl (C=O) groups is 1. The van der Waals surface area contributed by atoms with Gasteiger partial charge in [-0.3, -0.25) is 9.78 Å². The molecule has 0 unspecified atom stereocenters. The average molecular weight is 686 g/mol. The van der Waals surface area contributed by atoms with Crippen LogP contribution in [0.5, 0.6) is 5.75 Å². The summed E-state index contributed by atoms with van der Waals surface area (Å²) in [6.07, 6.45) is 2.82. The molecule has 3 N–H and O–H groups in total. The number of sulfonamides is 1. The standard InChI is InChI=1S/C40H39N5O4S/c1-40(2,3)44-50(47,48)32-22-30(23-42-24-32)35-34-17-11-16-33(29-14-9-6-10-15-29)36(34)39(43-37(35)38(41)46)45(25-27-12-7-5-8-13-27)26-28-18-20-31(49-4)21-19-28/h5-24,44H,25-26H2,1-4H3,(H2,41,46). The van der Waals surface area contributed by atoms with Gasteiger partial charge in [0, 0.05) is 47.5 Å². The number of fused-ring (bicyclic) bond motifs is 1. The van der Waals surface area contributed by atoms with Gasteiger partial charge in [0.05, 0.1) is 7.11 Å². The van der Waals surface area contributed by atoms with E-state index in [1.807, 2.05) is 103 Å². The summed E-state index contributed by atoms with van der Waals surface area (Å²) in [5, 5.41) is 1.46. The second-order valence-corrected chi connectivity index (χ2v) is 14.8. The van der Waals surface area contributed by atoms with E-state index in [2.05, 4.69) is 14.6 Å². The number of nitrogens with one attached hydrogen (secondary N) is 1. The number of aromatic nitrogens is 2. The Morgan fingerprint density at radius 1 is 0.820 bits per heavy atom. The van der Waals surface area contributed by atoms with Gasteiger partial charge in [0.2, 0.25) is 10.0 Å². The third kappa shape index (κ3) is 7.51. The summed E-state index contributed by atoms with van der Waals surface area (Å²) < 4.78 is 34.9. The topological polar surface area (TPSA) is 128 Å². The molecule has 0 radical (unpaired) electrons. The van der Waals surface area contributed by atoms with Crippen molar-refractivity contribution in [3.63, 3.8) is 0 Å². The van der Waals surface area contributed by atoms with E-state index < -0.39 is 21.5 Å². The third-order valence-electron chi connectivity index (χ3n) is 8.13. The minimum Gasteiger partial charge on any atom is -0.497 e. The van der Waals surface area contributed by atoms with Gasteiger partial charge in [-0.25, -0.2) is 18.1 Å². The van der Waals surface area contributed by atoms with E-state index in [1.54, 1.807) is 27.9 Å². The molecule has 50 heavy (non-hydrogen) atoms. The molecule has 2 aromatic heterocycles. The van der Waals surface area contributed by atoms with Crippen molar-refractivity contribution in [1.29, 1.82) is 0 Å². The van der Waals surface area contributed by atoms with Crippen LogP contribution < -0.4 is 20.1 Å². The average Bonchev–Trinajstić information content (AvgIpc) is 3.10. The van der Waals surface area contributed by atoms with Crippen LogP contribution >= 0.6 is 0 Å². The van der Waals surface area contributed by atoms with Crippen LogP contribution in [-0.4, -0.2) is 36.9 Å². The molecule has 6 aromatic rings. The van der Waals surface area contributed by atoms with Crippen molar-refractivity contribution in [3.8, 4) is 28.0 Å². The number of amides is 1. The molecule has 254 valence electrons. The first-order chi connectivity index (χ1) is 23.9. The third-order valence-corrected chi connectivity index (χ3v) is 9.86. The molecular formula is C40H39N5O4S. The van der Waals surface area contributed by atoms with Gasteiger partial charge in [-0.05, 0) is 66.6 Å². The lowest BCUT2D eigenvalue weighted by molar-refractivity contribution is 0.0996. The molecule has 0 saturated heterocycles. The number of nitrogens with zero attached hydrogens (tertiary/aromatic N) is 3. The van der Waals surface area contributed by atoms with Gasteiger partial charge in [0.1, 0.15) is 22.2 Å². The van der Waals surface area contributed by atoms with Crippen LogP contribution in [0.4, 0.5) is 5.82 Å². The molecular weight excluding hydrogens is 647 g/mol. The smallest absolute Gasteiger partial charge is 0.268 e. The van der Waals surface area contributed by atoms with Gasteiger partial charge < -0.3 is 15.4 Å². The van der Waals surface area contributed by atoms with Gasteiger partial charge in [0.25, 0.3) is 5.91 Å². The van der Waals surface area contributed by atoms with Crippen molar-refractivity contribution in [3.05, 3.63) is 138 Å². The van der Waals surface area contributed by atoms with Crippen LogP contribution in [0.3, 0.4) is 0 Å². The Hall–Kier alpha value is -5.58. The monoisotopic (exact) mass is 685 g/mol. The van der Waals surface area contributed by atoms with Crippen molar-refractivity contribution in [2.75, 3.05) is 12.0 Å². The Labute approximate surface area is 292 Å². The molecule has 0 aliphatic carbocycles. The molecule has 10 heteroatoms. The Morgan fingerprint density at radius 3 is 2.08 bits per heavy atom. The van der Waals surface area contributed by atoms with Crippen LogP contribution in [0.15, 0.2) is 126 Å². The number of rotatable bonds is 11. The number of ether oxygens (including phenoxy) is 1. The normalized spacial score (nSPS) is 11.8. The van der Waals surface area contributed by atoms with E-state index in [-0.39, 0.29) is 10.6 Å². The van der Waals surface area contributed by atoms with Crippen LogP contribution in [-0.2, 0) is 23.1 Å². The van der Waals surface area contributed by atoms with Crippen LogP contribution in [0.2, 0.25) is 0 Å². The molecule has 0 aliphatic rings. The lowest BCUT2D eigenvalue weighted by atomic mass is 9.92. The minimum atomic E-state index is -3.95. The quantitative estimate of drug-likeness (QED) is 0.146. The Balaban J connectivity index is 1.65. The SMILES string of the molecule is COc1ccc(CN(Cc2ccccc2)c2nc(C(N)=O)c(-c3cncc(S(=O)(=O)NC(C)(C)C)c3)c3cccc(-c4ccccc4)c23)cc1. The number of hydrogen-bond acceptors (Lipinski definition) is 7. The molecule has 4 aromatic carbocycles. The summed E-state index contributed by atoms with van der Waals surface area (Å²) in [6.45, 7) is 6.23. The van der Waals surface area contributed by atoms with Crippen molar-refractivity contribution in [1.82, 2.24) is 14.7 Å². The highest BCUT2D eigenvalue weighted by Crippen LogP contribution is 2.42. The Morgan fingerprint density at radius 2 is 1.46 bits per heavy atom. The van der Waals surface area contributed by atoms with Crippen molar-refractivity contribution >= 4 is 32.5 Å². The summed E-state index contributed by atoms with van der Waals surface area (Å²) in [6, 6.07) is 35.2. The first-order valence-electron chi connectivity index (χ1n) is 16.2. The van der Waals surface area contributed by atoms with Crippen molar-refractivity contribution in [2.24, 2.45) is 5.73 Å². The molecule has 0 bridgehead atoms. The summed E-state index contributed by atoms with van der Waals surface area (Å²) in [5.41, 5.74) is 10.1. The fraction of sp³-hybridized carbons (Fsp3) is 0.175. The molecule has 0 atom stereocenters. The van der Waals surface area contributed by atoms with E-state index in [1.165, 1.54) is 18.5 Å². The van der Waals surface area contributed by atoms with Crippen LogP contribution in [0, 0.1) is 0 Å². The zero-order chi connectivity index (χ0) is 35.5. The van der Waals surface area contributed by atoms with Gasteiger partial charge in [-0.2, -0.15) is 0 Å². The number of pyridine rings is 2. The number of methoxy groups -OCH3 is 1. The lowest BCUT2D eigenvalue weighted by Gasteiger charge is -2.28. The second kappa shape index (κ2) is 14.1. The first-order valence-corrected chi connectivity index (χ1v) is 17.6. The summed E-state index contributed by atoms with van der Waals surface area (Å²) in [5.74, 6) is 0.551. The van der Waals surface area contributed by atoms with Crippen molar-refractivity contribution < 1.29 is 17.9 Å². The highest BCUT2D eigenvalue weighted by molar-refractivity contribution is 7.89. The highest BCUT2D eigenvalue weighted by atomic mass is 32.2. The Bertz CT molecular complexity index is 2250. The maximum atomic E-state index is 13.4. The molecule has 2 heterocycles. The number of carbonyl (C=O) groups excluding carboxylic acids is 1. The zero-order valence-corrected chi connectivity index (χ0v) is 29.2. The fourth-order valence-corrected chi connectivity index (χ4v) is 7.44. The van der Waals surface area contributed by atoms with Crippen LogP contribution in [0.1, 0.15) is 42.4 Å². The van der Waals surface area contributed by atoms with E-state index in [4.69, 9.17) is 15.5 Å². The maximum Gasteiger partial charge on any atom is 0.268 e. The predicted molar refractivity (Wildman–Crippen MR) is 198 cm³/mol. The number of anilines is 1. The Kier molecular flexibility index (Phi) is 9.67. The number of primary amides is 1. The summed E-state index contributed by atoms with van der Waals surface area (Å²) in [7, 11) is -2.32. The molecule has 1 amide bonds. The van der Waals surface area contributed by atoms with Gasteiger partial charge in [0.15, 0.2) is 0 Å². The molecule has 0 aliphatic heterocycles. The van der Waals surface area contributed by atoms with E-state index >= 15 is 0 Å².